The standard InChI is InChI=1S/C14H15BrN2O3/c1-9-8-10(6-7-11(9)15)14-17-16-12(20-14)4-2-3-5-13(18)19/h6-8H,2-5H2,1H3,(H,18,19). The molecular weight excluding hydrogens is 324 g/mol. The molecule has 1 heterocycles. The average molecular weight is 339 g/mol. The van der Waals surface area contributed by atoms with Crippen molar-refractivity contribution >= 4 is 21.9 Å². The topological polar surface area (TPSA) is 76.2 Å². The van der Waals surface area contributed by atoms with Gasteiger partial charge in [-0.2, -0.15) is 0 Å². The van der Waals surface area contributed by atoms with E-state index in [4.69, 9.17) is 9.52 Å². The zero-order chi connectivity index (χ0) is 14.5. The Morgan fingerprint density at radius 1 is 1.35 bits per heavy atom. The molecule has 1 aromatic heterocycles. The number of nitrogens with zero attached hydrogens (tertiary/aromatic N) is 2. The summed E-state index contributed by atoms with van der Waals surface area (Å²) in [6, 6.07) is 5.84. The fourth-order valence-electron chi connectivity index (χ4n) is 1.80. The van der Waals surface area contributed by atoms with Crippen molar-refractivity contribution < 1.29 is 14.3 Å². The highest BCUT2D eigenvalue weighted by Gasteiger charge is 2.09. The average Bonchev–Trinajstić information content (AvgIpc) is 2.86. The molecule has 0 amide bonds. The van der Waals surface area contributed by atoms with Crippen molar-refractivity contribution in [1.29, 1.82) is 0 Å². The van der Waals surface area contributed by atoms with Gasteiger partial charge in [0, 0.05) is 22.9 Å². The van der Waals surface area contributed by atoms with E-state index in [-0.39, 0.29) is 6.42 Å². The number of aromatic nitrogens is 2. The summed E-state index contributed by atoms with van der Waals surface area (Å²) in [6.45, 7) is 2.00. The van der Waals surface area contributed by atoms with Crippen molar-refractivity contribution in [2.45, 2.75) is 32.6 Å². The number of hydrogen-bond donors (Lipinski definition) is 1. The maximum atomic E-state index is 10.4. The first-order chi connectivity index (χ1) is 9.56. The molecule has 6 heteroatoms. The quantitative estimate of drug-likeness (QED) is 0.814. The Morgan fingerprint density at radius 3 is 2.85 bits per heavy atom. The number of carbonyl (C=O) groups is 1. The molecule has 0 bridgehead atoms. The van der Waals surface area contributed by atoms with E-state index in [2.05, 4.69) is 26.1 Å². The summed E-state index contributed by atoms with van der Waals surface area (Å²) < 4.78 is 6.62. The summed E-state index contributed by atoms with van der Waals surface area (Å²) in [5, 5.41) is 16.6. The van der Waals surface area contributed by atoms with Gasteiger partial charge in [0.25, 0.3) is 0 Å². The van der Waals surface area contributed by atoms with Crippen LogP contribution in [0.25, 0.3) is 11.5 Å². The first-order valence-electron chi connectivity index (χ1n) is 6.37. The minimum Gasteiger partial charge on any atom is -0.481 e. The smallest absolute Gasteiger partial charge is 0.303 e. The molecule has 0 spiro atoms. The lowest BCUT2D eigenvalue weighted by atomic mass is 10.1. The van der Waals surface area contributed by atoms with Gasteiger partial charge in [0.05, 0.1) is 0 Å². The van der Waals surface area contributed by atoms with Gasteiger partial charge in [0.15, 0.2) is 0 Å². The number of carboxylic acid groups (broad SMARTS) is 1. The van der Waals surface area contributed by atoms with E-state index in [1.54, 1.807) is 0 Å². The fourth-order valence-corrected chi connectivity index (χ4v) is 2.05. The zero-order valence-corrected chi connectivity index (χ0v) is 12.7. The number of aliphatic carboxylic acids is 1. The predicted octanol–water partition coefficient (Wildman–Crippen LogP) is 3.60. The van der Waals surface area contributed by atoms with Crippen LogP contribution in [0, 0.1) is 6.92 Å². The van der Waals surface area contributed by atoms with Crippen molar-refractivity contribution in [3.8, 4) is 11.5 Å². The molecule has 0 atom stereocenters. The molecule has 0 aliphatic rings. The van der Waals surface area contributed by atoms with E-state index < -0.39 is 5.97 Å². The Labute approximate surface area is 125 Å². The molecule has 0 aliphatic carbocycles. The molecule has 2 aromatic rings. The SMILES string of the molecule is Cc1cc(-c2nnc(CCCCC(=O)O)o2)ccc1Br. The molecule has 0 fully saturated rings. The maximum absolute atomic E-state index is 10.4. The number of halogens is 1. The highest BCUT2D eigenvalue weighted by atomic mass is 79.9. The van der Waals surface area contributed by atoms with E-state index in [0.29, 0.717) is 24.6 Å². The van der Waals surface area contributed by atoms with Crippen LogP contribution in [0.1, 0.15) is 30.7 Å². The maximum Gasteiger partial charge on any atom is 0.303 e. The van der Waals surface area contributed by atoms with Crippen LogP contribution >= 0.6 is 15.9 Å². The molecule has 0 saturated heterocycles. The molecule has 2 rings (SSSR count). The predicted molar refractivity (Wildman–Crippen MR) is 77.4 cm³/mol. The van der Waals surface area contributed by atoms with Gasteiger partial charge in [-0.25, -0.2) is 0 Å². The van der Waals surface area contributed by atoms with Gasteiger partial charge in [-0.1, -0.05) is 15.9 Å². The molecule has 1 aromatic carbocycles. The molecule has 20 heavy (non-hydrogen) atoms. The summed E-state index contributed by atoms with van der Waals surface area (Å²) in [4.78, 5) is 10.4. The second kappa shape index (κ2) is 6.65. The first-order valence-corrected chi connectivity index (χ1v) is 7.16. The highest BCUT2D eigenvalue weighted by Crippen LogP contribution is 2.24. The summed E-state index contributed by atoms with van der Waals surface area (Å²) >= 11 is 3.45. The monoisotopic (exact) mass is 338 g/mol. The van der Waals surface area contributed by atoms with Crippen LogP contribution < -0.4 is 0 Å². The van der Waals surface area contributed by atoms with Gasteiger partial charge in [0.2, 0.25) is 11.8 Å². The Bertz CT molecular complexity index is 610. The Hall–Kier alpha value is -1.69. The largest absolute Gasteiger partial charge is 0.481 e. The molecule has 0 radical (unpaired) electrons. The van der Waals surface area contributed by atoms with Gasteiger partial charge < -0.3 is 9.52 Å². The van der Waals surface area contributed by atoms with Crippen molar-refractivity contribution in [3.63, 3.8) is 0 Å². The molecule has 0 aliphatic heterocycles. The van der Waals surface area contributed by atoms with Gasteiger partial charge >= 0.3 is 5.97 Å². The second-order valence-corrected chi connectivity index (χ2v) is 5.42. The van der Waals surface area contributed by atoms with Crippen molar-refractivity contribution in [2.75, 3.05) is 0 Å². The second-order valence-electron chi connectivity index (χ2n) is 4.57. The third kappa shape index (κ3) is 3.90. The molecule has 5 nitrogen and oxygen atoms in total. The van der Waals surface area contributed by atoms with Crippen molar-refractivity contribution in [1.82, 2.24) is 10.2 Å². The van der Waals surface area contributed by atoms with E-state index in [0.717, 1.165) is 22.0 Å². The Kier molecular flexibility index (Phi) is 4.89. The minimum atomic E-state index is -0.776. The summed E-state index contributed by atoms with van der Waals surface area (Å²) in [6.07, 6.45) is 2.13. The van der Waals surface area contributed by atoms with Gasteiger partial charge in [-0.15, -0.1) is 10.2 Å². The van der Waals surface area contributed by atoms with Crippen molar-refractivity contribution in [2.24, 2.45) is 0 Å². The van der Waals surface area contributed by atoms with E-state index in [1.807, 2.05) is 25.1 Å². The summed E-state index contributed by atoms with van der Waals surface area (Å²) in [5.74, 6) is 0.265. The molecule has 1 N–H and O–H groups in total. The van der Waals surface area contributed by atoms with Crippen LogP contribution in [-0.4, -0.2) is 21.3 Å². The minimum absolute atomic E-state index is 0.174. The van der Waals surface area contributed by atoms with E-state index >= 15 is 0 Å². The summed E-state index contributed by atoms with van der Waals surface area (Å²) in [7, 11) is 0. The fraction of sp³-hybridized carbons (Fsp3) is 0.357. The lowest BCUT2D eigenvalue weighted by Crippen LogP contribution is -1.95. The normalized spacial score (nSPS) is 10.7. The Balaban J connectivity index is 1.97. The lowest BCUT2D eigenvalue weighted by molar-refractivity contribution is -0.137. The van der Waals surface area contributed by atoms with E-state index in [1.165, 1.54) is 0 Å². The molecular formula is C14H15BrN2O3. The lowest BCUT2D eigenvalue weighted by Gasteiger charge is -1.99. The van der Waals surface area contributed by atoms with Crippen LogP contribution in [0.5, 0.6) is 0 Å². The zero-order valence-electron chi connectivity index (χ0n) is 11.1. The first kappa shape index (κ1) is 14.7. The van der Waals surface area contributed by atoms with Gasteiger partial charge in [-0.05, 0) is 43.5 Å². The summed E-state index contributed by atoms with van der Waals surface area (Å²) in [5.41, 5.74) is 1.98. The van der Waals surface area contributed by atoms with Crippen molar-refractivity contribution in [3.05, 3.63) is 34.1 Å². The number of hydrogen-bond acceptors (Lipinski definition) is 4. The molecule has 106 valence electrons. The number of rotatable bonds is 6. The third-order valence-electron chi connectivity index (χ3n) is 2.90. The van der Waals surface area contributed by atoms with Gasteiger partial charge in [0.1, 0.15) is 0 Å². The Morgan fingerprint density at radius 2 is 2.15 bits per heavy atom. The number of carboxylic acids is 1. The van der Waals surface area contributed by atoms with E-state index in [9.17, 15) is 4.79 Å². The molecule has 0 unspecified atom stereocenters. The number of unbranched alkanes of at least 4 members (excludes halogenated alkanes) is 1. The number of aryl methyl sites for hydroxylation is 2. The number of benzene rings is 1. The van der Waals surface area contributed by atoms with Crippen LogP contribution in [0.15, 0.2) is 27.1 Å². The van der Waals surface area contributed by atoms with Crippen LogP contribution in [0.4, 0.5) is 0 Å². The van der Waals surface area contributed by atoms with Crippen LogP contribution in [-0.2, 0) is 11.2 Å². The van der Waals surface area contributed by atoms with Gasteiger partial charge in [-0.3, -0.25) is 4.79 Å². The van der Waals surface area contributed by atoms with Crippen LogP contribution in [0.2, 0.25) is 0 Å². The van der Waals surface area contributed by atoms with Crippen LogP contribution in [0.3, 0.4) is 0 Å². The highest BCUT2D eigenvalue weighted by molar-refractivity contribution is 9.10. The molecule has 0 saturated carbocycles. The third-order valence-corrected chi connectivity index (χ3v) is 3.79.